The number of nitrogens with zero attached hydrogens (tertiary/aromatic N) is 1. The minimum atomic E-state index is -4.00. The van der Waals surface area contributed by atoms with Crippen molar-refractivity contribution in [1.29, 1.82) is 0 Å². The van der Waals surface area contributed by atoms with Gasteiger partial charge in [-0.25, -0.2) is 8.42 Å². The second kappa shape index (κ2) is 9.56. The Kier molecular flexibility index (Phi) is 6.57. The van der Waals surface area contributed by atoms with Gasteiger partial charge < -0.3 is 19.2 Å². The predicted molar refractivity (Wildman–Crippen MR) is 126 cm³/mol. The first-order chi connectivity index (χ1) is 15.9. The van der Waals surface area contributed by atoms with E-state index in [1.807, 2.05) is 6.92 Å². The van der Waals surface area contributed by atoms with Gasteiger partial charge >= 0.3 is 0 Å². The SMILES string of the molecule is CCOc1ccc(-c2nc(S(=O)(=O)c3ccc(Cl)cc3)c(Nc3ccc(OC)cc3)o2)cc1. The summed E-state index contributed by atoms with van der Waals surface area (Å²) in [6.45, 7) is 2.44. The zero-order valence-corrected chi connectivity index (χ0v) is 19.5. The molecular formula is C24H21ClN2O5S. The van der Waals surface area contributed by atoms with E-state index in [4.69, 9.17) is 25.5 Å². The van der Waals surface area contributed by atoms with Gasteiger partial charge in [0.25, 0.3) is 0 Å². The zero-order valence-electron chi connectivity index (χ0n) is 17.9. The number of sulfone groups is 1. The van der Waals surface area contributed by atoms with Crippen molar-refractivity contribution in [1.82, 2.24) is 4.98 Å². The van der Waals surface area contributed by atoms with Crippen LogP contribution in [0.1, 0.15) is 6.92 Å². The molecule has 4 aromatic rings. The predicted octanol–water partition coefficient (Wildman–Crippen LogP) is 5.98. The monoisotopic (exact) mass is 484 g/mol. The van der Waals surface area contributed by atoms with Crippen LogP contribution >= 0.6 is 11.6 Å². The first-order valence-corrected chi connectivity index (χ1v) is 11.9. The van der Waals surface area contributed by atoms with Gasteiger partial charge in [0.2, 0.25) is 26.6 Å². The summed E-state index contributed by atoms with van der Waals surface area (Å²) in [5.41, 5.74) is 1.21. The third-order valence-electron chi connectivity index (χ3n) is 4.73. The largest absolute Gasteiger partial charge is 0.497 e. The van der Waals surface area contributed by atoms with Crippen molar-refractivity contribution in [2.24, 2.45) is 0 Å². The lowest BCUT2D eigenvalue weighted by atomic mass is 10.2. The van der Waals surface area contributed by atoms with E-state index in [0.29, 0.717) is 34.4 Å². The number of benzene rings is 3. The lowest BCUT2D eigenvalue weighted by Crippen LogP contribution is -2.05. The normalized spacial score (nSPS) is 11.2. The van der Waals surface area contributed by atoms with Gasteiger partial charge in [-0.2, -0.15) is 4.98 Å². The number of rotatable bonds is 8. The highest BCUT2D eigenvalue weighted by Gasteiger charge is 2.29. The summed E-state index contributed by atoms with van der Waals surface area (Å²) < 4.78 is 43.3. The van der Waals surface area contributed by atoms with Crippen LogP contribution in [0.4, 0.5) is 11.6 Å². The standard InChI is InChI=1S/C24H21ClN2O5S/c1-3-31-20-10-4-16(5-11-20)22-27-24(33(28,29)21-14-6-17(25)7-15-21)23(32-22)26-18-8-12-19(30-2)13-9-18/h4-15,26H,3H2,1-2H3. The van der Waals surface area contributed by atoms with Crippen LogP contribution in [-0.2, 0) is 9.84 Å². The van der Waals surface area contributed by atoms with Crippen molar-refractivity contribution in [3.05, 3.63) is 77.8 Å². The second-order valence-corrected chi connectivity index (χ2v) is 9.22. The van der Waals surface area contributed by atoms with Gasteiger partial charge in [0.1, 0.15) is 11.5 Å². The van der Waals surface area contributed by atoms with Crippen LogP contribution in [0.25, 0.3) is 11.5 Å². The number of ether oxygens (including phenoxy) is 2. The maximum atomic E-state index is 13.4. The minimum Gasteiger partial charge on any atom is -0.497 e. The van der Waals surface area contributed by atoms with Crippen molar-refractivity contribution >= 4 is 33.0 Å². The van der Waals surface area contributed by atoms with E-state index in [1.165, 1.54) is 24.3 Å². The molecule has 0 amide bonds. The molecule has 0 aliphatic rings. The first kappa shape index (κ1) is 22.7. The van der Waals surface area contributed by atoms with Crippen molar-refractivity contribution < 1.29 is 22.3 Å². The molecule has 4 rings (SSSR count). The summed E-state index contributed by atoms with van der Waals surface area (Å²) in [6.07, 6.45) is 0. The summed E-state index contributed by atoms with van der Waals surface area (Å²) in [7, 11) is -2.43. The Balaban J connectivity index is 1.77. The Bertz CT molecular complexity index is 1330. The fourth-order valence-electron chi connectivity index (χ4n) is 3.08. The van der Waals surface area contributed by atoms with Crippen LogP contribution in [0, 0.1) is 0 Å². The number of methoxy groups -OCH3 is 1. The first-order valence-electron chi connectivity index (χ1n) is 10.1. The molecule has 1 N–H and O–H groups in total. The van der Waals surface area contributed by atoms with Gasteiger partial charge in [-0.3, -0.25) is 0 Å². The summed E-state index contributed by atoms with van der Waals surface area (Å²) >= 11 is 5.93. The molecule has 0 fully saturated rings. The van der Waals surface area contributed by atoms with E-state index in [1.54, 1.807) is 55.6 Å². The molecule has 0 saturated carbocycles. The second-order valence-electron chi connectivity index (χ2n) is 6.92. The molecule has 1 heterocycles. The topological polar surface area (TPSA) is 90.7 Å². The summed E-state index contributed by atoms with van der Waals surface area (Å²) in [6, 6.07) is 19.9. The molecule has 0 aliphatic carbocycles. The number of oxazole rings is 1. The Morgan fingerprint density at radius 1 is 0.939 bits per heavy atom. The number of hydrogen-bond donors (Lipinski definition) is 1. The van der Waals surface area contributed by atoms with Crippen molar-refractivity contribution in [2.45, 2.75) is 16.8 Å². The van der Waals surface area contributed by atoms with Crippen molar-refractivity contribution in [3.8, 4) is 23.0 Å². The lowest BCUT2D eigenvalue weighted by molar-refractivity contribution is 0.340. The third kappa shape index (κ3) is 4.97. The van der Waals surface area contributed by atoms with Gasteiger partial charge in [-0.1, -0.05) is 11.6 Å². The van der Waals surface area contributed by atoms with Crippen LogP contribution < -0.4 is 14.8 Å². The van der Waals surface area contributed by atoms with Crippen LogP contribution in [-0.4, -0.2) is 27.1 Å². The number of nitrogens with one attached hydrogen (secondary N) is 1. The molecule has 3 aromatic carbocycles. The highest BCUT2D eigenvalue weighted by atomic mass is 35.5. The van der Waals surface area contributed by atoms with Gasteiger partial charge in [0, 0.05) is 16.3 Å². The molecule has 0 spiro atoms. The van der Waals surface area contributed by atoms with Crippen LogP contribution in [0.3, 0.4) is 0 Å². The number of aromatic nitrogens is 1. The summed E-state index contributed by atoms with van der Waals surface area (Å²) in [5.74, 6) is 1.52. The van der Waals surface area contributed by atoms with Crippen molar-refractivity contribution in [2.75, 3.05) is 19.0 Å². The zero-order chi connectivity index (χ0) is 23.4. The lowest BCUT2D eigenvalue weighted by Gasteiger charge is -2.07. The third-order valence-corrected chi connectivity index (χ3v) is 6.67. The van der Waals surface area contributed by atoms with Crippen LogP contribution in [0.15, 0.2) is 87.1 Å². The number of anilines is 2. The Morgan fingerprint density at radius 3 is 2.18 bits per heavy atom. The smallest absolute Gasteiger partial charge is 0.238 e. The molecule has 0 unspecified atom stereocenters. The molecular weight excluding hydrogens is 464 g/mol. The molecule has 9 heteroatoms. The Morgan fingerprint density at radius 2 is 1.58 bits per heavy atom. The Hall–Kier alpha value is -3.49. The molecule has 0 aliphatic heterocycles. The van der Waals surface area contributed by atoms with Crippen LogP contribution in [0.2, 0.25) is 5.02 Å². The quantitative estimate of drug-likeness (QED) is 0.329. The average Bonchev–Trinajstić information content (AvgIpc) is 3.25. The van der Waals surface area contributed by atoms with E-state index < -0.39 is 9.84 Å². The summed E-state index contributed by atoms with van der Waals surface area (Å²) in [4.78, 5) is 4.39. The highest BCUT2D eigenvalue weighted by Crippen LogP contribution is 2.35. The van der Waals surface area contributed by atoms with Gasteiger partial charge in [-0.05, 0) is 79.7 Å². The van der Waals surface area contributed by atoms with Crippen molar-refractivity contribution in [3.63, 3.8) is 0 Å². The van der Waals surface area contributed by atoms with E-state index in [2.05, 4.69) is 10.3 Å². The molecule has 7 nitrogen and oxygen atoms in total. The molecule has 0 saturated heterocycles. The molecule has 0 radical (unpaired) electrons. The number of halogens is 1. The molecule has 0 bridgehead atoms. The minimum absolute atomic E-state index is 0.000924. The van der Waals surface area contributed by atoms with Gasteiger partial charge in [-0.15, -0.1) is 0 Å². The maximum absolute atomic E-state index is 13.4. The van der Waals surface area contributed by atoms with E-state index in [9.17, 15) is 8.42 Å². The average molecular weight is 485 g/mol. The molecule has 0 atom stereocenters. The number of hydrogen-bond acceptors (Lipinski definition) is 7. The van der Waals surface area contributed by atoms with Crippen LogP contribution in [0.5, 0.6) is 11.5 Å². The fourth-order valence-corrected chi connectivity index (χ4v) is 4.47. The fraction of sp³-hybridized carbons (Fsp3) is 0.125. The summed E-state index contributed by atoms with van der Waals surface area (Å²) in [5, 5.41) is 3.22. The van der Waals surface area contributed by atoms with E-state index in [-0.39, 0.29) is 21.7 Å². The van der Waals surface area contributed by atoms with Gasteiger partial charge in [0.15, 0.2) is 0 Å². The molecule has 33 heavy (non-hydrogen) atoms. The van der Waals surface area contributed by atoms with Gasteiger partial charge in [0.05, 0.1) is 18.6 Å². The Labute approximate surface area is 196 Å². The maximum Gasteiger partial charge on any atom is 0.238 e. The highest BCUT2D eigenvalue weighted by molar-refractivity contribution is 7.91. The molecule has 1 aromatic heterocycles. The van der Waals surface area contributed by atoms with E-state index >= 15 is 0 Å². The molecule has 170 valence electrons. The van der Waals surface area contributed by atoms with E-state index in [0.717, 1.165) is 0 Å².